The summed E-state index contributed by atoms with van der Waals surface area (Å²) in [7, 11) is 0. The summed E-state index contributed by atoms with van der Waals surface area (Å²) < 4.78 is 7.83. The first-order valence-electron chi connectivity index (χ1n) is 9.89. The number of ether oxygens (including phenoxy) is 1. The molecule has 6 nitrogen and oxygen atoms in total. The van der Waals surface area contributed by atoms with Crippen molar-refractivity contribution in [3.63, 3.8) is 0 Å². The van der Waals surface area contributed by atoms with Crippen LogP contribution in [0.2, 0.25) is 0 Å². The average Bonchev–Trinajstić information content (AvgIpc) is 3.13. The lowest BCUT2D eigenvalue weighted by atomic mass is 10.1. The number of hydrogen-bond acceptors (Lipinski definition) is 5. The molecule has 4 rings (SSSR count). The van der Waals surface area contributed by atoms with Crippen LogP contribution in [-0.2, 0) is 0 Å². The number of piperidine rings is 1. The first kappa shape index (κ1) is 18.9. The second-order valence-corrected chi connectivity index (χ2v) is 7.61. The second-order valence-electron chi connectivity index (χ2n) is 7.61. The van der Waals surface area contributed by atoms with Gasteiger partial charge in [-0.2, -0.15) is 10.4 Å². The minimum absolute atomic E-state index is 0.129. The number of nitrogen functional groups attached to an aromatic ring is 1. The topological polar surface area (TPSA) is 80.1 Å². The Labute approximate surface area is 171 Å². The number of benzene rings is 2. The first-order valence-corrected chi connectivity index (χ1v) is 9.89. The van der Waals surface area contributed by atoms with Gasteiger partial charge in [-0.15, -0.1) is 0 Å². The lowest BCUT2D eigenvalue weighted by Crippen LogP contribution is -2.34. The summed E-state index contributed by atoms with van der Waals surface area (Å²) in [5, 5.41) is 13.9. The van der Waals surface area contributed by atoms with E-state index >= 15 is 0 Å². The van der Waals surface area contributed by atoms with Gasteiger partial charge in [-0.25, -0.2) is 4.68 Å². The monoisotopic (exact) mass is 387 g/mol. The third-order valence-electron chi connectivity index (χ3n) is 5.51. The van der Waals surface area contributed by atoms with Crippen molar-refractivity contribution in [2.45, 2.75) is 32.7 Å². The van der Waals surface area contributed by atoms with Crippen LogP contribution in [0.4, 0.5) is 5.82 Å². The molecule has 1 aliphatic rings. The molecule has 1 aromatic heterocycles. The molecule has 0 amide bonds. The van der Waals surface area contributed by atoms with Crippen LogP contribution in [0.25, 0.3) is 11.3 Å². The molecule has 0 aliphatic carbocycles. The third-order valence-corrected chi connectivity index (χ3v) is 5.51. The molecule has 2 aromatic carbocycles. The van der Waals surface area contributed by atoms with Crippen molar-refractivity contribution < 1.29 is 4.74 Å². The van der Waals surface area contributed by atoms with Gasteiger partial charge in [0, 0.05) is 18.2 Å². The Balaban J connectivity index is 1.50. The van der Waals surface area contributed by atoms with Crippen molar-refractivity contribution in [3.8, 4) is 28.9 Å². The van der Waals surface area contributed by atoms with Crippen molar-refractivity contribution in [2.24, 2.45) is 0 Å². The molecule has 0 saturated carbocycles. The summed E-state index contributed by atoms with van der Waals surface area (Å²) >= 11 is 0. The Bertz CT molecular complexity index is 1050. The summed E-state index contributed by atoms with van der Waals surface area (Å²) in [6, 6.07) is 16.0. The zero-order valence-electron chi connectivity index (χ0n) is 16.8. The van der Waals surface area contributed by atoms with Gasteiger partial charge < -0.3 is 15.4 Å². The predicted octanol–water partition coefficient (Wildman–Crippen LogP) is 4.66. The highest BCUT2D eigenvalue weighted by Crippen LogP contribution is 2.30. The molecular weight excluding hydrogens is 362 g/mol. The van der Waals surface area contributed by atoms with Crippen molar-refractivity contribution in [1.82, 2.24) is 14.7 Å². The number of rotatable bonds is 4. The molecule has 1 aliphatic heterocycles. The molecule has 1 fully saturated rings. The number of anilines is 1. The lowest BCUT2D eigenvalue weighted by Gasteiger charge is -2.29. The van der Waals surface area contributed by atoms with E-state index in [-0.39, 0.29) is 6.04 Å². The van der Waals surface area contributed by atoms with Gasteiger partial charge in [0.1, 0.15) is 17.3 Å². The van der Waals surface area contributed by atoms with Gasteiger partial charge in [-0.1, -0.05) is 6.07 Å². The van der Waals surface area contributed by atoms with E-state index in [1.54, 1.807) is 4.90 Å². The van der Waals surface area contributed by atoms with E-state index in [1.165, 1.54) is 11.1 Å². The smallest absolute Gasteiger partial charge is 0.179 e. The number of aromatic nitrogens is 2. The fraction of sp³-hybridized carbons (Fsp3) is 0.304. The van der Waals surface area contributed by atoms with Crippen LogP contribution in [0.1, 0.15) is 30.0 Å². The van der Waals surface area contributed by atoms with Crippen LogP contribution >= 0.6 is 0 Å². The van der Waals surface area contributed by atoms with Crippen LogP contribution in [0.15, 0.2) is 48.5 Å². The van der Waals surface area contributed by atoms with Crippen LogP contribution in [0.3, 0.4) is 0 Å². The van der Waals surface area contributed by atoms with Gasteiger partial charge in [0.2, 0.25) is 0 Å². The highest BCUT2D eigenvalue weighted by Gasteiger charge is 2.23. The normalized spacial score (nSPS) is 16.4. The van der Waals surface area contributed by atoms with Gasteiger partial charge in [0.25, 0.3) is 0 Å². The molecule has 1 saturated heterocycles. The molecular formula is C23H25N5O. The van der Waals surface area contributed by atoms with E-state index in [0.29, 0.717) is 12.4 Å². The summed E-state index contributed by atoms with van der Waals surface area (Å²) in [6.07, 6.45) is 4.18. The maximum atomic E-state index is 9.17. The van der Waals surface area contributed by atoms with E-state index < -0.39 is 0 Å². The summed E-state index contributed by atoms with van der Waals surface area (Å²) in [6.45, 7) is 5.63. The molecule has 3 aromatic rings. The van der Waals surface area contributed by atoms with Crippen molar-refractivity contribution in [2.75, 3.05) is 18.8 Å². The molecule has 2 heterocycles. The molecule has 29 heavy (non-hydrogen) atoms. The maximum absolute atomic E-state index is 9.17. The molecule has 0 unspecified atom stereocenters. The number of likely N-dealkylation sites (tertiary alicyclic amines) is 1. The Morgan fingerprint density at radius 3 is 2.55 bits per heavy atom. The van der Waals surface area contributed by atoms with E-state index in [2.05, 4.69) is 26.1 Å². The first-order chi connectivity index (χ1) is 14.0. The number of nitrogens with two attached hydrogens (primary N) is 1. The molecule has 2 N–H and O–H groups in total. The Morgan fingerprint density at radius 1 is 1.07 bits per heavy atom. The number of nitriles is 1. The summed E-state index contributed by atoms with van der Waals surface area (Å²) in [5.74, 6) is 2.23. The zero-order valence-corrected chi connectivity index (χ0v) is 16.8. The highest BCUT2D eigenvalue weighted by atomic mass is 16.5. The molecule has 6 heteroatoms. The van der Waals surface area contributed by atoms with E-state index in [0.717, 1.165) is 42.1 Å². The van der Waals surface area contributed by atoms with Crippen molar-refractivity contribution >= 4 is 5.82 Å². The van der Waals surface area contributed by atoms with Crippen LogP contribution in [0.5, 0.6) is 11.5 Å². The summed E-state index contributed by atoms with van der Waals surface area (Å²) in [4.78, 5) is 1.77. The van der Waals surface area contributed by atoms with E-state index in [4.69, 9.17) is 15.6 Å². The Hall–Kier alpha value is -3.46. The fourth-order valence-electron chi connectivity index (χ4n) is 3.69. The van der Waals surface area contributed by atoms with Gasteiger partial charge in [-0.3, -0.25) is 0 Å². The van der Waals surface area contributed by atoms with Crippen LogP contribution in [0, 0.1) is 25.3 Å². The highest BCUT2D eigenvalue weighted by molar-refractivity contribution is 5.63. The Morgan fingerprint density at radius 2 is 1.83 bits per heavy atom. The minimum Gasteiger partial charge on any atom is -0.457 e. The fourth-order valence-corrected chi connectivity index (χ4v) is 3.69. The number of hydrogen-bond donors (Lipinski definition) is 1. The second kappa shape index (κ2) is 7.88. The quantitative estimate of drug-likeness (QED) is 0.659. The van der Waals surface area contributed by atoms with Gasteiger partial charge in [-0.05, 0) is 74.2 Å². The van der Waals surface area contributed by atoms with E-state index in [9.17, 15) is 5.26 Å². The number of nitrogens with zero attached hydrogens (tertiary/aromatic N) is 4. The average molecular weight is 387 g/mol. The Kier molecular flexibility index (Phi) is 5.13. The van der Waals surface area contributed by atoms with Crippen LogP contribution < -0.4 is 10.5 Å². The van der Waals surface area contributed by atoms with Gasteiger partial charge >= 0.3 is 0 Å². The molecule has 0 spiro atoms. The SMILES string of the molecule is Cc1ccc(Oc2ccc(-c3cc(N)n([C@@H]4CCCN(C#N)C4)n3)cc2)cc1C. The minimum atomic E-state index is 0.129. The molecule has 148 valence electrons. The summed E-state index contributed by atoms with van der Waals surface area (Å²) in [5.41, 5.74) is 10.5. The standard InChI is InChI=1S/C23H25N5O/c1-16-5-8-21(12-17(16)2)29-20-9-6-18(7-10-20)22-13-23(25)28(26-22)19-4-3-11-27(14-19)15-24/h5-10,12-13,19H,3-4,11,14,25H2,1-2H3/t19-/m1/s1. The third kappa shape index (κ3) is 4.04. The molecule has 1 atom stereocenters. The predicted molar refractivity (Wildman–Crippen MR) is 114 cm³/mol. The molecule has 0 bridgehead atoms. The van der Waals surface area contributed by atoms with Gasteiger partial charge in [0.15, 0.2) is 6.19 Å². The van der Waals surface area contributed by atoms with Crippen LogP contribution in [-0.4, -0.2) is 27.8 Å². The maximum Gasteiger partial charge on any atom is 0.179 e. The van der Waals surface area contributed by atoms with E-state index in [1.807, 2.05) is 47.1 Å². The number of aryl methyl sites for hydroxylation is 2. The lowest BCUT2D eigenvalue weighted by molar-refractivity contribution is 0.235. The molecule has 0 radical (unpaired) electrons. The zero-order chi connectivity index (χ0) is 20.4. The van der Waals surface area contributed by atoms with Crippen molar-refractivity contribution in [1.29, 1.82) is 5.26 Å². The van der Waals surface area contributed by atoms with Crippen molar-refractivity contribution in [3.05, 3.63) is 59.7 Å². The largest absolute Gasteiger partial charge is 0.457 e. The van der Waals surface area contributed by atoms with Gasteiger partial charge in [0.05, 0.1) is 18.3 Å².